The van der Waals surface area contributed by atoms with Crippen molar-refractivity contribution in [2.75, 3.05) is 10.7 Å². The van der Waals surface area contributed by atoms with Crippen LogP contribution in [0.5, 0.6) is 0 Å². The summed E-state index contributed by atoms with van der Waals surface area (Å²) in [7, 11) is 0. The molecule has 3 aromatic rings. The van der Waals surface area contributed by atoms with Gasteiger partial charge in [0.25, 0.3) is 0 Å². The molecule has 2 N–H and O–H groups in total. The SMILES string of the molecule is FC(F)(F)c1ccc(/C=N/Nc2nc(Cl)cc(Nc3ccc(Cl)cc3)n2)cc1. The Bertz CT molecular complexity index is 974. The number of aromatic nitrogens is 2. The Morgan fingerprint density at radius 1 is 0.929 bits per heavy atom. The van der Waals surface area contributed by atoms with Crippen molar-refractivity contribution >= 4 is 46.9 Å². The molecule has 0 radical (unpaired) electrons. The van der Waals surface area contributed by atoms with Crippen molar-refractivity contribution in [2.45, 2.75) is 6.18 Å². The fraction of sp³-hybridized carbons (Fsp3) is 0.0556. The molecule has 2 aromatic carbocycles. The minimum absolute atomic E-state index is 0.118. The highest BCUT2D eigenvalue weighted by molar-refractivity contribution is 6.30. The summed E-state index contributed by atoms with van der Waals surface area (Å²) in [5.41, 5.74) is 3.09. The van der Waals surface area contributed by atoms with Crippen LogP contribution in [0.2, 0.25) is 10.2 Å². The van der Waals surface area contributed by atoms with Crippen molar-refractivity contribution in [1.29, 1.82) is 0 Å². The molecular formula is C18H12Cl2F3N5. The highest BCUT2D eigenvalue weighted by Gasteiger charge is 2.29. The first kappa shape index (κ1) is 19.9. The Morgan fingerprint density at radius 3 is 2.25 bits per heavy atom. The second-order valence-electron chi connectivity index (χ2n) is 5.52. The number of hydrogen-bond donors (Lipinski definition) is 2. The number of halogens is 5. The van der Waals surface area contributed by atoms with Crippen molar-refractivity contribution in [3.05, 3.63) is 75.9 Å². The van der Waals surface area contributed by atoms with Crippen LogP contribution in [0, 0.1) is 0 Å². The monoisotopic (exact) mass is 425 g/mol. The van der Waals surface area contributed by atoms with Gasteiger partial charge in [0.15, 0.2) is 0 Å². The normalized spacial score (nSPS) is 11.6. The zero-order chi connectivity index (χ0) is 20.1. The summed E-state index contributed by atoms with van der Waals surface area (Å²) in [4.78, 5) is 8.20. The Kier molecular flexibility index (Phi) is 6.01. The molecule has 144 valence electrons. The van der Waals surface area contributed by atoms with Crippen LogP contribution in [-0.2, 0) is 6.18 Å². The number of benzene rings is 2. The summed E-state index contributed by atoms with van der Waals surface area (Å²) in [6, 6.07) is 13.1. The van der Waals surface area contributed by atoms with E-state index in [1.54, 1.807) is 24.3 Å². The fourth-order valence-corrected chi connectivity index (χ4v) is 2.44. The molecule has 0 saturated heterocycles. The van der Waals surface area contributed by atoms with Gasteiger partial charge in [-0.25, -0.2) is 5.43 Å². The number of alkyl halides is 3. The molecule has 3 rings (SSSR count). The van der Waals surface area contributed by atoms with E-state index in [1.165, 1.54) is 24.4 Å². The van der Waals surface area contributed by atoms with Gasteiger partial charge in [-0.3, -0.25) is 0 Å². The van der Waals surface area contributed by atoms with Gasteiger partial charge < -0.3 is 5.32 Å². The topological polar surface area (TPSA) is 62.2 Å². The van der Waals surface area contributed by atoms with Gasteiger partial charge in [-0.2, -0.15) is 28.2 Å². The quantitative estimate of drug-likeness (QED) is 0.299. The highest BCUT2D eigenvalue weighted by atomic mass is 35.5. The van der Waals surface area contributed by atoms with E-state index in [4.69, 9.17) is 23.2 Å². The third-order valence-electron chi connectivity index (χ3n) is 3.43. The largest absolute Gasteiger partial charge is 0.416 e. The van der Waals surface area contributed by atoms with Gasteiger partial charge in [-0.05, 0) is 42.0 Å². The van der Waals surface area contributed by atoms with E-state index >= 15 is 0 Å². The molecule has 28 heavy (non-hydrogen) atoms. The predicted octanol–water partition coefficient (Wildman–Crippen LogP) is 5.99. The van der Waals surface area contributed by atoms with Gasteiger partial charge in [0.1, 0.15) is 11.0 Å². The Balaban J connectivity index is 1.68. The Morgan fingerprint density at radius 2 is 1.61 bits per heavy atom. The maximum atomic E-state index is 12.6. The maximum Gasteiger partial charge on any atom is 0.416 e. The molecule has 5 nitrogen and oxygen atoms in total. The predicted molar refractivity (Wildman–Crippen MR) is 104 cm³/mol. The van der Waals surface area contributed by atoms with E-state index in [-0.39, 0.29) is 11.1 Å². The number of anilines is 3. The molecule has 10 heteroatoms. The molecule has 0 aliphatic rings. The second-order valence-corrected chi connectivity index (χ2v) is 6.34. The van der Waals surface area contributed by atoms with E-state index in [9.17, 15) is 13.2 Å². The van der Waals surface area contributed by atoms with Gasteiger partial charge in [0.2, 0.25) is 5.95 Å². The number of rotatable bonds is 5. The highest BCUT2D eigenvalue weighted by Crippen LogP contribution is 2.29. The molecule has 0 spiro atoms. The molecule has 0 aliphatic carbocycles. The minimum atomic E-state index is -4.38. The molecule has 0 atom stereocenters. The number of hydrogen-bond acceptors (Lipinski definition) is 5. The van der Waals surface area contributed by atoms with Gasteiger partial charge in [-0.1, -0.05) is 35.3 Å². The van der Waals surface area contributed by atoms with Crippen LogP contribution in [0.3, 0.4) is 0 Å². The standard InChI is InChI=1S/C18H12Cl2F3N5/c19-13-5-7-14(8-6-13)25-16-9-15(20)26-17(27-16)28-24-10-11-1-3-12(4-2-11)18(21,22)23/h1-10H,(H2,25,26,27,28)/b24-10+. The van der Waals surface area contributed by atoms with Crippen molar-refractivity contribution in [1.82, 2.24) is 9.97 Å². The molecule has 0 fully saturated rings. The van der Waals surface area contributed by atoms with Crippen molar-refractivity contribution in [3.63, 3.8) is 0 Å². The Labute approximate surface area is 168 Å². The van der Waals surface area contributed by atoms with Gasteiger partial charge in [0, 0.05) is 16.8 Å². The first-order chi connectivity index (χ1) is 13.3. The average Bonchev–Trinajstić information content (AvgIpc) is 2.63. The summed E-state index contributed by atoms with van der Waals surface area (Å²) in [6.07, 6.45) is -3.03. The van der Waals surface area contributed by atoms with Crippen LogP contribution >= 0.6 is 23.2 Å². The lowest BCUT2D eigenvalue weighted by Crippen LogP contribution is -2.04. The van der Waals surface area contributed by atoms with E-state index in [0.29, 0.717) is 16.4 Å². The zero-order valence-corrected chi connectivity index (χ0v) is 15.5. The third-order valence-corrected chi connectivity index (χ3v) is 3.87. The molecule has 0 amide bonds. The van der Waals surface area contributed by atoms with Crippen LogP contribution in [-0.4, -0.2) is 16.2 Å². The lowest BCUT2D eigenvalue weighted by Gasteiger charge is -2.08. The number of nitrogens with one attached hydrogen (secondary N) is 2. The summed E-state index contributed by atoms with van der Waals surface area (Å²) in [5, 5.41) is 7.75. The number of nitrogens with zero attached hydrogens (tertiary/aromatic N) is 3. The lowest BCUT2D eigenvalue weighted by molar-refractivity contribution is -0.137. The first-order valence-corrected chi connectivity index (χ1v) is 8.59. The maximum absolute atomic E-state index is 12.6. The molecule has 0 unspecified atom stereocenters. The van der Waals surface area contributed by atoms with Gasteiger partial charge in [0.05, 0.1) is 11.8 Å². The van der Waals surface area contributed by atoms with E-state index in [2.05, 4.69) is 25.8 Å². The van der Waals surface area contributed by atoms with E-state index in [0.717, 1.165) is 17.8 Å². The summed E-state index contributed by atoms with van der Waals surface area (Å²) >= 11 is 11.8. The van der Waals surface area contributed by atoms with E-state index < -0.39 is 11.7 Å². The van der Waals surface area contributed by atoms with Gasteiger partial charge >= 0.3 is 6.18 Å². The summed E-state index contributed by atoms with van der Waals surface area (Å²) in [6.45, 7) is 0. The average molecular weight is 426 g/mol. The van der Waals surface area contributed by atoms with Crippen molar-refractivity contribution in [2.24, 2.45) is 5.10 Å². The summed E-state index contributed by atoms with van der Waals surface area (Å²) in [5.74, 6) is 0.543. The second kappa shape index (κ2) is 8.45. The molecule has 1 aromatic heterocycles. The van der Waals surface area contributed by atoms with Crippen LogP contribution in [0.15, 0.2) is 59.7 Å². The van der Waals surface area contributed by atoms with Crippen LogP contribution in [0.4, 0.5) is 30.6 Å². The molecule has 0 bridgehead atoms. The minimum Gasteiger partial charge on any atom is -0.340 e. The third kappa shape index (κ3) is 5.58. The van der Waals surface area contributed by atoms with Crippen LogP contribution in [0.1, 0.15) is 11.1 Å². The molecule has 1 heterocycles. The number of hydrazone groups is 1. The van der Waals surface area contributed by atoms with Crippen molar-refractivity contribution in [3.8, 4) is 0 Å². The van der Waals surface area contributed by atoms with Crippen LogP contribution < -0.4 is 10.7 Å². The van der Waals surface area contributed by atoms with Crippen molar-refractivity contribution < 1.29 is 13.2 Å². The van der Waals surface area contributed by atoms with Gasteiger partial charge in [-0.15, -0.1) is 0 Å². The first-order valence-electron chi connectivity index (χ1n) is 7.83. The zero-order valence-electron chi connectivity index (χ0n) is 14.0. The lowest BCUT2D eigenvalue weighted by atomic mass is 10.1. The Hall–Kier alpha value is -2.84. The van der Waals surface area contributed by atoms with E-state index in [1.807, 2.05) is 0 Å². The summed E-state index contributed by atoms with van der Waals surface area (Å²) < 4.78 is 37.7. The molecule has 0 aliphatic heterocycles. The molecular weight excluding hydrogens is 414 g/mol. The fourth-order valence-electron chi connectivity index (χ4n) is 2.14. The molecule has 0 saturated carbocycles. The smallest absolute Gasteiger partial charge is 0.340 e. The van der Waals surface area contributed by atoms with Crippen LogP contribution in [0.25, 0.3) is 0 Å².